The van der Waals surface area contributed by atoms with Crippen molar-refractivity contribution in [1.29, 1.82) is 0 Å². The molecule has 1 N–H and O–H groups in total. The lowest BCUT2D eigenvalue weighted by atomic mass is 10.1. The van der Waals surface area contributed by atoms with Gasteiger partial charge in [-0.25, -0.2) is 14.0 Å². The molecule has 3 rings (SSSR count). The Morgan fingerprint density at radius 2 is 1.76 bits per heavy atom. The first-order valence-corrected chi connectivity index (χ1v) is 12.6. The largest absolute Gasteiger partial charge is 0.444 e. The molecule has 0 aromatic heterocycles. The second-order valence-electron chi connectivity index (χ2n) is 8.95. The molecule has 8 nitrogen and oxygen atoms in total. The molecule has 2 aromatic rings. The van der Waals surface area contributed by atoms with Crippen molar-refractivity contribution < 1.29 is 22.3 Å². The summed E-state index contributed by atoms with van der Waals surface area (Å²) in [5, 5.41) is 3.75. The highest BCUT2D eigenvalue weighted by molar-refractivity contribution is 7.89. The Bertz CT molecular complexity index is 1170. The van der Waals surface area contributed by atoms with Crippen LogP contribution in [-0.2, 0) is 14.8 Å². The fourth-order valence-electron chi connectivity index (χ4n) is 3.32. The molecule has 1 aliphatic heterocycles. The second-order valence-corrected chi connectivity index (χ2v) is 11.0. The Balaban J connectivity index is 1.74. The number of ether oxygens (including phenoxy) is 1. The fourth-order valence-corrected chi connectivity index (χ4v) is 4.28. The third kappa shape index (κ3) is 6.60. The molecule has 0 aliphatic carbocycles. The lowest BCUT2D eigenvalue weighted by Crippen LogP contribution is -2.50. The first-order valence-electron chi connectivity index (χ1n) is 10.7. The fraction of sp³-hybridized carbons (Fsp3) is 0.391. The van der Waals surface area contributed by atoms with E-state index >= 15 is 0 Å². The van der Waals surface area contributed by atoms with Gasteiger partial charge in [0, 0.05) is 37.4 Å². The van der Waals surface area contributed by atoms with Crippen molar-refractivity contribution in [3.8, 4) is 0 Å². The smallest absolute Gasteiger partial charge is 0.410 e. The number of halogens is 2. The second kappa shape index (κ2) is 10.2. The van der Waals surface area contributed by atoms with E-state index in [2.05, 4.69) is 9.93 Å². The van der Waals surface area contributed by atoms with Gasteiger partial charge in [-0.2, -0.15) is 13.5 Å². The minimum absolute atomic E-state index is 0.0749. The van der Waals surface area contributed by atoms with Crippen LogP contribution in [0.4, 0.5) is 14.9 Å². The molecule has 1 aliphatic rings. The highest BCUT2D eigenvalue weighted by Crippen LogP contribution is 2.27. The highest BCUT2D eigenvalue weighted by atomic mass is 35.5. The number of amides is 1. The van der Waals surface area contributed by atoms with E-state index in [0.29, 0.717) is 37.4 Å². The van der Waals surface area contributed by atoms with Crippen LogP contribution in [0.3, 0.4) is 0 Å². The van der Waals surface area contributed by atoms with E-state index in [9.17, 15) is 17.6 Å². The van der Waals surface area contributed by atoms with E-state index in [1.54, 1.807) is 37.8 Å². The van der Waals surface area contributed by atoms with Gasteiger partial charge >= 0.3 is 6.09 Å². The zero-order valence-electron chi connectivity index (χ0n) is 19.5. The number of piperazine rings is 1. The van der Waals surface area contributed by atoms with Crippen LogP contribution in [-0.4, -0.2) is 57.4 Å². The van der Waals surface area contributed by atoms with Gasteiger partial charge in [-0.3, -0.25) is 0 Å². The maximum Gasteiger partial charge on any atom is 0.410 e. The Morgan fingerprint density at radius 1 is 1.15 bits per heavy atom. The minimum Gasteiger partial charge on any atom is -0.444 e. The van der Waals surface area contributed by atoms with Crippen LogP contribution in [0.25, 0.3) is 0 Å². The quantitative estimate of drug-likeness (QED) is 0.482. The molecule has 1 fully saturated rings. The Kier molecular flexibility index (Phi) is 7.72. The molecule has 1 saturated heterocycles. The number of nitrogens with one attached hydrogen (secondary N) is 1. The third-order valence-corrected chi connectivity index (χ3v) is 6.58. The van der Waals surface area contributed by atoms with E-state index < -0.39 is 27.5 Å². The number of carbonyl (C=O) groups excluding carboxylic acids is 1. The van der Waals surface area contributed by atoms with Crippen molar-refractivity contribution >= 4 is 39.6 Å². The number of nitrogens with zero attached hydrogens (tertiary/aromatic N) is 3. The summed E-state index contributed by atoms with van der Waals surface area (Å²) in [7, 11) is -3.86. The van der Waals surface area contributed by atoms with Gasteiger partial charge in [-0.15, -0.1) is 0 Å². The molecular weight excluding hydrogens is 483 g/mol. The zero-order valence-corrected chi connectivity index (χ0v) is 21.1. The van der Waals surface area contributed by atoms with Gasteiger partial charge in [0.15, 0.2) is 0 Å². The van der Waals surface area contributed by atoms with Gasteiger partial charge in [0.1, 0.15) is 11.4 Å². The van der Waals surface area contributed by atoms with E-state index in [1.165, 1.54) is 30.5 Å². The summed E-state index contributed by atoms with van der Waals surface area (Å²) in [4.78, 5) is 18.0. The van der Waals surface area contributed by atoms with Crippen molar-refractivity contribution in [2.24, 2.45) is 5.10 Å². The molecule has 0 bridgehead atoms. The van der Waals surface area contributed by atoms with Crippen LogP contribution in [0.15, 0.2) is 46.4 Å². The monoisotopic (exact) mass is 510 g/mol. The van der Waals surface area contributed by atoms with Crippen molar-refractivity contribution in [2.45, 2.75) is 38.2 Å². The summed E-state index contributed by atoms with van der Waals surface area (Å²) >= 11 is 5.97. The normalized spacial score (nSPS) is 15.0. The van der Waals surface area contributed by atoms with Gasteiger partial charge in [0.05, 0.1) is 16.1 Å². The molecule has 11 heteroatoms. The van der Waals surface area contributed by atoms with Crippen molar-refractivity contribution in [3.63, 3.8) is 0 Å². The van der Waals surface area contributed by atoms with E-state index in [1.807, 2.05) is 11.8 Å². The van der Waals surface area contributed by atoms with E-state index in [0.717, 1.165) is 5.56 Å². The SMILES string of the molecule is Cc1ccc(S(=O)(=O)N/N=C/c2cc(Cl)c(F)cc2N2CCN(C(=O)OC(C)(C)C)CC2)cc1. The van der Waals surface area contributed by atoms with Crippen LogP contribution in [0.5, 0.6) is 0 Å². The number of benzene rings is 2. The average Bonchev–Trinajstić information content (AvgIpc) is 2.75. The lowest BCUT2D eigenvalue weighted by Gasteiger charge is -2.37. The van der Waals surface area contributed by atoms with E-state index in [4.69, 9.17) is 16.3 Å². The first-order chi connectivity index (χ1) is 15.9. The molecule has 2 aromatic carbocycles. The van der Waals surface area contributed by atoms with Gasteiger partial charge in [0.25, 0.3) is 10.0 Å². The number of rotatable bonds is 5. The van der Waals surface area contributed by atoms with Gasteiger partial charge in [-0.05, 0) is 52.0 Å². The molecule has 0 unspecified atom stereocenters. The maximum absolute atomic E-state index is 14.3. The van der Waals surface area contributed by atoms with Crippen molar-refractivity contribution in [2.75, 3.05) is 31.1 Å². The number of sulfonamides is 1. The summed E-state index contributed by atoms with van der Waals surface area (Å²) in [5.41, 5.74) is 1.26. The predicted molar refractivity (Wildman–Crippen MR) is 131 cm³/mol. The van der Waals surface area contributed by atoms with Gasteiger partial charge < -0.3 is 14.5 Å². The summed E-state index contributed by atoms with van der Waals surface area (Å²) in [6, 6.07) is 9.01. The molecule has 0 saturated carbocycles. The van der Waals surface area contributed by atoms with Crippen LogP contribution in [0, 0.1) is 12.7 Å². The molecular formula is C23H28ClFN4O4S. The van der Waals surface area contributed by atoms with Crippen LogP contribution < -0.4 is 9.73 Å². The molecule has 184 valence electrons. The number of anilines is 1. The van der Waals surface area contributed by atoms with Crippen molar-refractivity contribution in [3.05, 3.63) is 58.4 Å². The third-order valence-electron chi connectivity index (χ3n) is 5.05. The topological polar surface area (TPSA) is 91.3 Å². The van der Waals surface area contributed by atoms with Gasteiger partial charge in [0.2, 0.25) is 0 Å². The minimum atomic E-state index is -3.86. The predicted octanol–water partition coefficient (Wildman–Crippen LogP) is 4.16. The summed E-state index contributed by atoms with van der Waals surface area (Å²) in [6.45, 7) is 8.89. The Labute approximate surface area is 204 Å². The maximum atomic E-state index is 14.3. The molecule has 34 heavy (non-hydrogen) atoms. The number of carbonyl (C=O) groups is 1. The number of aryl methyl sites for hydroxylation is 1. The molecule has 0 atom stereocenters. The average molecular weight is 511 g/mol. The number of hydrogen-bond donors (Lipinski definition) is 1. The number of hydrogen-bond acceptors (Lipinski definition) is 6. The van der Waals surface area contributed by atoms with Crippen LogP contribution >= 0.6 is 11.6 Å². The molecule has 0 radical (unpaired) electrons. The Hall–Kier alpha value is -2.85. The first kappa shape index (κ1) is 25.8. The Morgan fingerprint density at radius 3 is 2.35 bits per heavy atom. The standard InChI is InChI=1S/C23H28ClFN4O4S/c1-16-5-7-18(8-6-16)34(31,32)27-26-15-17-13-19(24)20(25)14-21(17)28-9-11-29(12-10-28)22(30)33-23(2,3)4/h5-8,13-15,27H,9-12H2,1-4H3/b26-15+. The van der Waals surface area contributed by atoms with Crippen LogP contribution in [0.1, 0.15) is 31.9 Å². The molecule has 0 spiro atoms. The van der Waals surface area contributed by atoms with E-state index in [-0.39, 0.29) is 9.92 Å². The van der Waals surface area contributed by atoms with Crippen molar-refractivity contribution in [1.82, 2.24) is 9.73 Å². The van der Waals surface area contributed by atoms with Crippen LogP contribution in [0.2, 0.25) is 5.02 Å². The summed E-state index contributed by atoms with van der Waals surface area (Å²) < 4.78 is 44.6. The molecule has 1 amide bonds. The summed E-state index contributed by atoms with van der Waals surface area (Å²) in [5.74, 6) is -0.608. The lowest BCUT2D eigenvalue weighted by molar-refractivity contribution is 0.0240. The zero-order chi connectivity index (χ0) is 25.1. The van der Waals surface area contributed by atoms with Gasteiger partial charge in [-0.1, -0.05) is 29.3 Å². The molecule has 1 heterocycles. The highest BCUT2D eigenvalue weighted by Gasteiger charge is 2.27. The summed E-state index contributed by atoms with van der Waals surface area (Å²) in [6.07, 6.45) is 0.883. The number of hydrazone groups is 1.